The molecule has 2 aromatic carbocycles. The number of para-hydroxylation sites is 1. The number of carbonyl (C=O) groups excluding carboxylic acids is 1. The van der Waals surface area contributed by atoms with Crippen molar-refractivity contribution in [2.45, 2.75) is 25.3 Å². The number of hydrogen-bond donors (Lipinski definition) is 3. The average molecular weight is 434 g/mol. The van der Waals surface area contributed by atoms with Gasteiger partial charge < -0.3 is 15.2 Å². The molecule has 1 aliphatic rings. The van der Waals surface area contributed by atoms with Gasteiger partial charge in [0.15, 0.2) is 5.82 Å². The topological polar surface area (TPSA) is 76.8 Å². The monoisotopic (exact) mass is 433 g/mol. The quantitative estimate of drug-likeness (QED) is 0.432. The van der Waals surface area contributed by atoms with Crippen molar-refractivity contribution in [3.8, 4) is 11.3 Å². The third-order valence-electron chi connectivity index (χ3n) is 5.86. The zero-order chi connectivity index (χ0) is 21.2. The highest BCUT2D eigenvalue weighted by Gasteiger charge is 2.23. The van der Waals surface area contributed by atoms with E-state index >= 15 is 0 Å². The molecule has 0 spiro atoms. The molecule has 1 saturated heterocycles. The first-order chi connectivity index (χ1) is 15.2. The van der Waals surface area contributed by atoms with E-state index < -0.39 is 0 Å². The largest absolute Gasteiger partial charge is 0.361 e. The number of rotatable bonds is 5. The van der Waals surface area contributed by atoms with Crippen LogP contribution >= 0.6 is 11.6 Å². The second-order valence-corrected chi connectivity index (χ2v) is 8.47. The fourth-order valence-electron chi connectivity index (χ4n) is 4.28. The Kier molecular flexibility index (Phi) is 5.38. The zero-order valence-corrected chi connectivity index (χ0v) is 17.8. The Morgan fingerprint density at radius 2 is 2.03 bits per heavy atom. The molecule has 3 heterocycles. The number of amides is 1. The van der Waals surface area contributed by atoms with Crippen LogP contribution in [0.15, 0.2) is 60.8 Å². The van der Waals surface area contributed by atoms with Crippen molar-refractivity contribution in [3.63, 3.8) is 0 Å². The molecule has 4 aromatic rings. The molecule has 0 bridgehead atoms. The van der Waals surface area contributed by atoms with Crippen molar-refractivity contribution in [1.82, 2.24) is 20.5 Å². The van der Waals surface area contributed by atoms with E-state index in [0.29, 0.717) is 11.4 Å². The number of hydrogen-bond acceptors (Lipinski definition) is 3. The molecule has 1 aliphatic heterocycles. The summed E-state index contributed by atoms with van der Waals surface area (Å²) < 4.78 is 0. The Labute approximate surface area is 185 Å². The highest BCUT2D eigenvalue weighted by atomic mass is 35.5. The Bertz CT molecular complexity index is 1200. The molecule has 0 unspecified atom stereocenters. The highest BCUT2D eigenvalue weighted by Crippen LogP contribution is 2.25. The zero-order valence-electron chi connectivity index (χ0n) is 17.1. The summed E-state index contributed by atoms with van der Waals surface area (Å²) in [6, 6.07) is 17.9. The van der Waals surface area contributed by atoms with Crippen LogP contribution in [-0.2, 0) is 11.2 Å². The van der Waals surface area contributed by atoms with Crippen molar-refractivity contribution in [2.75, 3.05) is 18.0 Å². The summed E-state index contributed by atoms with van der Waals surface area (Å²) in [5.41, 5.74) is 4.09. The minimum absolute atomic E-state index is 0.0560. The minimum Gasteiger partial charge on any atom is -0.361 e. The lowest BCUT2D eigenvalue weighted by Crippen LogP contribution is -2.48. The van der Waals surface area contributed by atoms with E-state index in [0.717, 1.165) is 59.5 Å². The predicted molar refractivity (Wildman–Crippen MR) is 124 cm³/mol. The molecule has 3 N–H and O–H groups in total. The fraction of sp³-hybridized carbons (Fsp3) is 0.250. The fourth-order valence-corrected chi connectivity index (χ4v) is 4.41. The molecule has 1 atom stereocenters. The number of halogens is 1. The van der Waals surface area contributed by atoms with Gasteiger partial charge in [-0.05, 0) is 42.2 Å². The number of H-pyrrole nitrogens is 2. The molecule has 1 amide bonds. The van der Waals surface area contributed by atoms with E-state index in [9.17, 15) is 4.79 Å². The van der Waals surface area contributed by atoms with E-state index in [4.69, 9.17) is 11.6 Å². The number of anilines is 1. The number of nitrogens with one attached hydrogen (secondary N) is 3. The van der Waals surface area contributed by atoms with Crippen LogP contribution in [0.2, 0.25) is 5.02 Å². The maximum absolute atomic E-state index is 12.7. The molecule has 6 nitrogen and oxygen atoms in total. The summed E-state index contributed by atoms with van der Waals surface area (Å²) in [5.74, 6) is 0.959. The lowest BCUT2D eigenvalue weighted by Gasteiger charge is -2.33. The van der Waals surface area contributed by atoms with Gasteiger partial charge in [-0.2, -0.15) is 5.10 Å². The van der Waals surface area contributed by atoms with E-state index in [1.54, 1.807) is 0 Å². The van der Waals surface area contributed by atoms with Gasteiger partial charge in [-0.15, -0.1) is 0 Å². The second-order valence-electron chi connectivity index (χ2n) is 8.04. The third kappa shape index (κ3) is 4.30. The van der Waals surface area contributed by atoms with Crippen molar-refractivity contribution >= 4 is 34.2 Å². The molecule has 0 radical (unpaired) electrons. The van der Waals surface area contributed by atoms with Crippen LogP contribution < -0.4 is 10.2 Å². The van der Waals surface area contributed by atoms with E-state index in [2.05, 4.69) is 31.5 Å². The molecule has 5 rings (SSSR count). The number of piperidine rings is 1. The maximum Gasteiger partial charge on any atom is 0.224 e. The summed E-state index contributed by atoms with van der Waals surface area (Å²) in [4.78, 5) is 18.2. The van der Waals surface area contributed by atoms with Crippen molar-refractivity contribution in [2.24, 2.45) is 0 Å². The van der Waals surface area contributed by atoms with Gasteiger partial charge >= 0.3 is 0 Å². The van der Waals surface area contributed by atoms with Crippen LogP contribution in [0, 0.1) is 0 Å². The number of benzene rings is 2. The normalized spacial score (nSPS) is 16.5. The number of carbonyl (C=O) groups is 1. The van der Waals surface area contributed by atoms with Gasteiger partial charge in [0.2, 0.25) is 5.91 Å². The SMILES string of the molecule is O=C(Cc1c[nH]c2ccccc12)N[C@H]1CCCN(c2cc(-c3ccc(Cl)cc3)[nH]n2)C1. The minimum atomic E-state index is 0.0560. The summed E-state index contributed by atoms with van der Waals surface area (Å²) >= 11 is 5.99. The second kappa shape index (κ2) is 8.47. The Morgan fingerprint density at radius 1 is 1.19 bits per heavy atom. The maximum atomic E-state index is 12.7. The van der Waals surface area contributed by atoms with Crippen LogP contribution in [-0.4, -0.2) is 40.2 Å². The predicted octanol–water partition coefficient (Wildman–Crippen LogP) is 4.54. The van der Waals surface area contributed by atoms with Crippen molar-refractivity contribution < 1.29 is 4.79 Å². The molecule has 31 heavy (non-hydrogen) atoms. The number of nitrogens with zero attached hydrogens (tertiary/aromatic N) is 2. The number of aromatic nitrogens is 3. The molecule has 0 saturated carbocycles. The van der Waals surface area contributed by atoms with Crippen molar-refractivity contribution in [1.29, 1.82) is 0 Å². The standard InChI is InChI=1S/C24H24ClN5O/c25-18-9-7-16(8-10-18)22-13-23(29-28-22)30-11-3-4-19(15-30)27-24(31)12-17-14-26-21-6-2-1-5-20(17)21/h1-2,5-10,13-14,19,26H,3-4,11-12,15H2,(H,27,31)(H,28,29)/t19-/m0/s1. The molecule has 2 aromatic heterocycles. The smallest absolute Gasteiger partial charge is 0.224 e. The van der Waals surface area contributed by atoms with Crippen LogP contribution in [0.4, 0.5) is 5.82 Å². The molecule has 1 fully saturated rings. The van der Waals surface area contributed by atoms with Crippen LogP contribution in [0.25, 0.3) is 22.2 Å². The lowest BCUT2D eigenvalue weighted by atomic mass is 10.0. The summed E-state index contributed by atoms with van der Waals surface area (Å²) in [5, 5.41) is 12.7. The van der Waals surface area contributed by atoms with Crippen LogP contribution in [0.1, 0.15) is 18.4 Å². The lowest BCUT2D eigenvalue weighted by molar-refractivity contribution is -0.121. The first-order valence-electron chi connectivity index (χ1n) is 10.6. The molecular weight excluding hydrogens is 410 g/mol. The first kappa shape index (κ1) is 19.7. The summed E-state index contributed by atoms with van der Waals surface area (Å²) in [7, 11) is 0. The Morgan fingerprint density at radius 3 is 2.90 bits per heavy atom. The van der Waals surface area contributed by atoms with Gasteiger partial charge in [0.05, 0.1) is 12.1 Å². The summed E-state index contributed by atoms with van der Waals surface area (Å²) in [6.45, 7) is 1.68. The van der Waals surface area contributed by atoms with E-state index in [-0.39, 0.29) is 11.9 Å². The number of aromatic amines is 2. The van der Waals surface area contributed by atoms with Crippen molar-refractivity contribution in [3.05, 3.63) is 71.4 Å². The van der Waals surface area contributed by atoms with Gasteiger partial charge in [-0.25, -0.2) is 0 Å². The van der Waals surface area contributed by atoms with Crippen LogP contribution in [0.3, 0.4) is 0 Å². The van der Waals surface area contributed by atoms with Gasteiger partial charge in [0, 0.05) is 47.3 Å². The van der Waals surface area contributed by atoms with Gasteiger partial charge in [-0.3, -0.25) is 9.89 Å². The van der Waals surface area contributed by atoms with Gasteiger partial charge in [-0.1, -0.05) is 41.9 Å². The molecule has 0 aliphatic carbocycles. The highest BCUT2D eigenvalue weighted by molar-refractivity contribution is 6.30. The average Bonchev–Trinajstić information content (AvgIpc) is 3.43. The Hall–Kier alpha value is -3.25. The van der Waals surface area contributed by atoms with E-state index in [1.807, 2.05) is 54.7 Å². The molecule has 7 heteroatoms. The van der Waals surface area contributed by atoms with Crippen LogP contribution in [0.5, 0.6) is 0 Å². The third-order valence-corrected chi connectivity index (χ3v) is 6.11. The first-order valence-corrected chi connectivity index (χ1v) is 10.9. The number of fused-ring (bicyclic) bond motifs is 1. The van der Waals surface area contributed by atoms with Gasteiger partial charge in [0.1, 0.15) is 0 Å². The van der Waals surface area contributed by atoms with Gasteiger partial charge in [0.25, 0.3) is 0 Å². The molecular formula is C24H24ClN5O. The summed E-state index contributed by atoms with van der Waals surface area (Å²) in [6.07, 6.45) is 4.30. The molecule has 158 valence electrons. The van der Waals surface area contributed by atoms with E-state index in [1.165, 1.54) is 0 Å². The Balaban J connectivity index is 1.22.